The van der Waals surface area contributed by atoms with E-state index in [1.54, 1.807) is 11.8 Å². The number of carboxylic acids is 1. The molecule has 0 radical (unpaired) electrons. The molecule has 2 heterocycles. The van der Waals surface area contributed by atoms with Crippen LogP contribution in [0.3, 0.4) is 0 Å². The molecule has 1 saturated heterocycles. The quantitative estimate of drug-likeness (QED) is 0.670. The number of amides is 1. The summed E-state index contributed by atoms with van der Waals surface area (Å²) in [7, 11) is 0. The number of hydrogen-bond acceptors (Lipinski definition) is 6. The maximum absolute atomic E-state index is 11.9. The number of anilines is 1. The third kappa shape index (κ3) is 3.41. The van der Waals surface area contributed by atoms with Gasteiger partial charge in [0.1, 0.15) is 0 Å². The second kappa shape index (κ2) is 6.29. The average Bonchev–Trinajstić information content (AvgIpc) is 2.45. The Morgan fingerprint density at radius 1 is 1.45 bits per heavy atom. The van der Waals surface area contributed by atoms with Gasteiger partial charge in [-0.05, 0) is 6.92 Å². The Balaban J connectivity index is 1.92. The minimum Gasteiger partial charge on any atom is -0.478 e. The maximum atomic E-state index is 11.9. The highest BCUT2D eigenvalue weighted by Gasteiger charge is 2.16. The number of aromatic carboxylic acids is 1. The van der Waals surface area contributed by atoms with Crippen molar-refractivity contribution >= 4 is 17.8 Å². The largest absolute Gasteiger partial charge is 0.478 e. The standard InChI is InChI=1S/C12H17N5O3/c1-8-9(11(19)20)6-14-12(16-8)15-7-10(18)17-4-2-13-3-5-17/h6,13H,2-5,7H2,1H3,(H,19,20)(H,14,15,16). The molecule has 1 aromatic rings. The van der Waals surface area contributed by atoms with Crippen LogP contribution in [0.1, 0.15) is 16.1 Å². The van der Waals surface area contributed by atoms with E-state index in [-0.39, 0.29) is 24.0 Å². The fourth-order valence-corrected chi connectivity index (χ4v) is 1.94. The smallest absolute Gasteiger partial charge is 0.339 e. The normalized spacial score (nSPS) is 14.9. The van der Waals surface area contributed by atoms with Gasteiger partial charge in [-0.25, -0.2) is 14.8 Å². The number of piperazine rings is 1. The van der Waals surface area contributed by atoms with Crippen LogP contribution >= 0.6 is 0 Å². The van der Waals surface area contributed by atoms with E-state index < -0.39 is 5.97 Å². The van der Waals surface area contributed by atoms with E-state index in [1.165, 1.54) is 6.20 Å². The zero-order valence-electron chi connectivity index (χ0n) is 11.2. The first-order chi connectivity index (χ1) is 9.58. The number of aryl methyl sites for hydroxylation is 1. The van der Waals surface area contributed by atoms with Crippen LogP contribution in [0.5, 0.6) is 0 Å². The topological polar surface area (TPSA) is 107 Å². The van der Waals surface area contributed by atoms with Crippen molar-refractivity contribution in [3.05, 3.63) is 17.5 Å². The van der Waals surface area contributed by atoms with Crippen molar-refractivity contribution in [2.45, 2.75) is 6.92 Å². The molecule has 1 fully saturated rings. The summed E-state index contributed by atoms with van der Waals surface area (Å²) >= 11 is 0. The van der Waals surface area contributed by atoms with Gasteiger partial charge in [0, 0.05) is 32.4 Å². The molecule has 1 amide bonds. The minimum atomic E-state index is -1.06. The Kier molecular flexibility index (Phi) is 4.46. The van der Waals surface area contributed by atoms with E-state index in [2.05, 4.69) is 20.6 Å². The summed E-state index contributed by atoms with van der Waals surface area (Å²) in [5, 5.41) is 14.9. The van der Waals surface area contributed by atoms with Gasteiger partial charge >= 0.3 is 5.97 Å². The fourth-order valence-electron chi connectivity index (χ4n) is 1.94. The summed E-state index contributed by atoms with van der Waals surface area (Å²) in [6.07, 6.45) is 1.24. The molecule has 108 valence electrons. The summed E-state index contributed by atoms with van der Waals surface area (Å²) in [5.74, 6) is -0.822. The number of rotatable bonds is 4. The van der Waals surface area contributed by atoms with Crippen molar-refractivity contribution in [1.29, 1.82) is 0 Å². The highest BCUT2D eigenvalue weighted by atomic mass is 16.4. The number of nitrogens with one attached hydrogen (secondary N) is 2. The monoisotopic (exact) mass is 279 g/mol. The van der Waals surface area contributed by atoms with Gasteiger partial charge in [0.15, 0.2) is 0 Å². The van der Waals surface area contributed by atoms with Crippen molar-refractivity contribution in [2.24, 2.45) is 0 Å². The summed E-state index contributed by atoms with van der Waals surface area (Å²) in [6.45, 7) is 4.68. The van der Waals surface area contributed by atoms with Crippen molar-refractivity contribution in [2.75, 3.05) is 38.0 Å². The lowest BCUT2D eigenvalue weighted by molar-refractivity contribution is -0.129. The molecule has 0 bridgehead atoms. The molecule has 1 aromatic heterocycles. The van der Waals surface area contributed by atoms with Crippen LogP contribution in [0.4, 0.5) is 5.95 Å². The van der Waals surface area contributed by atoms with E-state index in [0.29, 0.717) is 18.8 Å². The first-order valence-electron chi connectivity index (χ1n) is 6.37. The molecule has 1 aliphatic rings. The summed E-state index contributed by atoms with van der Waals surface area (Å²) < 4.78 is 0. The molecule has 0 unspecified atom stereocenters. The van der Waals surface area contributed by atoms with E-state index in [4.69, 9.17) is 5.11 Å². The second-order valence-corrected chi connectivity index (χ2v) is 4.48. The molecule has 8 nitrogen and oxygen atoms in total. The van der Waals surface area contributed by atoms with E-state index in [0.717, 1.165) is 13.1 Å². The van der Waals surface area contributed by atoms with Crippen molar-refractivity contribution in [3.8, 4) is 0 Å². The average molecular weight is 279 g/mol. The lowest BCUT2D eigenvalue weighted by atomic mass is 10.2. The van der Waals surface area contributed by atoms with Gasteiger partial charge in [-0.3, -0.25) is 4.79 Å². The summed E-state index contributed by atoms with van der Waals surface area (Å²) in [4.78, 5) is 32.4. The van der Waals surface area contributed by atoms with Gasteiger partial charge < -0.3 is 20.6 Å². The fraction of sp³-hybridized carbons (Fsp3) is 0.500. The van der Waals surface area contributed by atoms with E-state index in [9.17, 15) is 9.59 Å². The third-order valence-corrected chi connectivity index (χ3v) is 3.08. The molecule has 0 spiro atoms. The second-order valence-electron chi connectivity index (χ2n) is 4.48. The summed E-state index contributed by atoms with van der Waals surface area (Å²) in [6, 6.07) is 0. The molecule has 8 heteroatoms. The van der Waals surface area contributed by atoms with Crippen LogP contribution in [-0.2, 0) is 4.79 Å². The van der Waals surface area contributed by atoms with Gasteiger partial charge in [0.05, 0.1) is 17.8 Å². The maximum Gasteiger partial charge on any atom is 0.339 e. The Morgan fingerprint density at radius 3 is 2.75 bits per heavy atom. The predicted molar refractivity (Wildman–Crippen MR) is 71.7 cm³/mol. The number of carbonyl (C=O) groups is 2. The van der Waals surface area contributed by atoms with Crippen molar-refractivity contribution in [3.63, 3.8) is 0 Å². The molecule has 0 saturated carbocycles. The molecule has 3 N–H and O–H groups in total. The van der Waals surface area contributed by atoms with Gasteiger partial charge in [-0.2, -0.15) is 0 Å². The molecule has 0 aromatic carbocycles. The number of nitrogens with zero attached hydrogens (tertiary/aromatic N) is 3. The van der Waals surface area contributed by atoms with Crippen LogP contribution in [0.15, 0.2) is 6.20 Å². The molecule has 2 rings (SSSR count). The number of aromatic nitrogens is 2. The molecule has 20 heavy (non-hydrogen) atoms. The Hall–Kier alpha value is -2.22. The number of hydrogen-bond donors (Lipinski definition) is 3. The molecule has 0 atom stereocenters. The first-order valence-corrected chi connectivity index (χ1v) is 6.37. The Bertz CT molecular complexity index is 514. The highest BCUT2D eigenvalue weighted by molar-refractivity contribution is 5.88. The molecular weight excluding hydrogens is 262 g/mol. The number of carboxylic acid groups (broad SMARTS) is 1. The van der Waals surface area contributed by atoms with Crippen molar-refractivity contribution < 1.29 is 14.7 Å². The molecule has 1 aliphatic heterocycles. The SMILES string of the molecule is Cc1nc(NCC(=O)N2CCNCC2)ncc1C(=O)O. The van der Waals surface area contributed by atoms with Crippen LogP contribution in [-0.4, -0.2) is 64.6 Å². The number of carbonyl (C=O) groups excluding carboxylic acids is 1. The van der Waals surface area contributed by atoms with E-state index >= 15 is 0 Å². The first kappa shape index (κ1) is 14.2. The van der Waals surface area contributed by atoms with Crippen LogP contribution < -0.4 is 10.6 Å². The van der Waals surface area contributed by atoms with Gasteiger partial charge in [-0.15, -0.1) is 0 Å². The Labute approximate surface area is 116 Å². The van der Waals surface area contributed by atoms with Gasteiger partial charge in [-0.1, -0.05) is 0 Å². The zero-order valence-corrected chi connectivity index (χ0v) is 11.2. The highest BCUT2D eigenvalue weighted by Crippen LogP contribution is 2.06. The van der Waals surface area contributed by atoms with Crippen LogP contribution in [0, 0.1) is 6.92 Å². The van der Waals surface area contributed by atoms with Gasteiger partial charge in [0.25, 0.3) is 0 Å². The summed E-state index contributed by atoms with van der Waals surface area (Å²) in [5.41, 5.74) is 0.425. The molecule has 0 aliphatic carbocycles. The zero-order chi connectivity index (χ0) is 14.5. The van der Waals surface area contributed by atoms with Gasteiger partial charge in [0.2, 0.25) is 11.9 Å². The minimum absolute atomic E-state index is 0.0185. The molecular formula is C12H17N5O3. The third-order valence-electron chi connectivity index (χ3n) is 3.08. The van der Waals surface area contributed by atoms with E-state index in [1.807, 2.05) is 0 Å². The van der Waals surface area contributed by atoms with Crippen molar-refractivity contribution in [1.82, 2.24) is 20.2 Å². The lowest BCUT2D eigenvalue weighted by Gasteiger charge is -2.27. The Morgan fingerprint density at radius 2 is 2.15 bits per heavy atom. The predicted octanol–water partition coefficient (Wildman–Crippen LogP) is -0.673. The lowest BCUT2D eigenvalue weighted by Crippen LogP contribution is -2.48. The van der Waals surface area contributed by atoms with Crippen LogP contribution in [0.25, 0.3) is 0 Å². The van der Waals surface area contributed by atoms with Crippen LogP contribution in [0.2, 0.25) is 0 Å².